The van der Waals surface area contributed by atoms with Crippen LogP contribution in [0.4, 0.5) is 5.95 Å². The van der Waals surface area contributed by atoms with Crippen LogP contribution in [0.5, 0.6) is 0 Å². The normalized spacial score (nSPS) is 28.9. The summed E-state index contributed by atoms with van der Waals surface area (Å²) in [5, 5.41) is 4.60. The number of nitrogens with zero attached hydrogens (tertiary/aromatic N) is 9. The van der Waals surface area contributed by atoms with Gasteiger partial charge in [-0.05, 0) is 27.3 Å². The maximum atomic E-state index is 5.08. The van der Waals surface area contributed by atoms with Crippen molar-refractivity contribution in [3.05, 3.63) is 47.7 Å². The second-order valence-electron chi connectivity index (χ2n) is 9.66. The second-order valence-corrected chi connectivity index (χ2v) is 9.66. The van der Waals surface area contributed by atoms with Crippen molar-refractivity contribution in [3.8, 4) is 5.82 Å². The summed E-state index contributed by atoms with van der Waals surface area (Å²) in [6.45, 7) is 7.78. The SMILES string of the molecule is Cc1nc(C)n(-c2cc(C3C[C@@H]3C3=NC4C=CC=CC4N3C)nc(N3CCN(C)CC3)n2)n1. The fourth-order valence-electron chi connectivity index (χ4n) is 5.25. The lowest BCUT2D eigenvalue weighted by atomic mass is 10.0. The lowest BCUT2D eigenvalue weighted by Gasteiger charge is -2.32. The Labute approximate surface area is 194 Å². The highest BCUT2D eigenvalue weighted by atomic mass is 15.4. The zero-order chi connectivity index (χ0) is 22.7. The number of aryl methyl sites for hydroxylation is 2. The van der Waals surface area contributed by atoms with Gasteiger partial charge < -0.3 is 14.7 Å². The first-order chi connectivity index (χ1) is 16.0. The van der Waals surface area contributed by atoms with E-state index in [0.717, 1.165) is 61.7 Å². The van der Waals surface area contributed by atoms with Gasteiger partial charge in [0.05, 0.1) is 17.8 Å². The van der Waals surface area contributed by atoms with Gasteiger partial charge in [-0.2, -0.15) is 9.67 Å². The van der Waals surface area contributed by atoms with Crippen LogP contribution in [0.3, 0.4) is 0 Å². The van der Waals surface area contributed by atoms with E-state index < -0.39 is 0 Å². The minimum atomic E-state index is 0.235. The van der Waals surface area contributed by atoms with Crippen LogP contribution in [0.1, 0.15) is 29.7 Å². The molecule has 2 fully saturated rings. The zero-order valence-corrected chi connectivity index (χ0v) is 19.8. The van der Waals surface area contributed by atoms with Crippen molar-refractivity contribution in [2.45, 2.75) is 38.3 Å². The molecule has 0 spiro atoms. The molecule has 2 aliphatic carbocycles. The van der Waals surface area contributed by atoms with Crippen LogP contribution in [-0.4, -0.2) is 92.7 Å². The summed E-state index contributed by atoms with van der Waals surface area (Å²) < 4.78 is 1.85. The summed E-state index contributed by atoms with van der Waals surface area (Å²) in [5.74, 6) is 5.18. The predicted octanol–water partition coefficient (Wildman–Crippen LogP) is 1.74. The van der Waals surface area contributed by atoms with Crippen LogP contribution in [0.2, 0.25) is 0 Å². The van der Waals surface area contributed by atoms with E-state index in [1.165, 1.54) is 5.84 Å². The van der Waals surface area contributed by atoms with Crippen molar-refractivity contribution in [1.82, 2.24) is 34.5 Å². The molecule has 2 aromatic rings. The second kappa shape index (κ2) is 7.76. The number of anilines is 1. The Morgan fingerprint density at radius 2 is 1.70 bits per heavy atom. The van der Waals surface area contributed by atoms with Gasteiger partial charge in [0.1, 0.15) is 17.5 Å². The molecule has 4 aliphatic rings. The van der Waals surface area contributed by atoms with Gasteiger partial charge in [-0.15, -0.1) is 5.10 Å². The van der Waals surface area contributed by atoms with Gasteiger partial charge in [0.25, 0.3) is 0 Å². The highest BCUT2D eigenvalue weighted by Gasteiger charge is 2.48. The summed E-state index contributed by atoms with van der Waals surface area (Å²) >= 11 is 0. The molecule has 172 valence electrons. The van der Waals surface area contributed by atoms with Crippen molar-refractivity contribution in [2.24, 2.45) is 10.9 Å². The summed E-state index contributed by atoms with van der Waals surface area (Å²) in [5.41, 5.74) is 1.09. The Hall–Kier alpha value is -3.07. The summed E-state index contributed by atoms with van der Waals surface area (Å²) in [6, 6.07) is 2.68. The molecule has 0 aromatic carbocycles. The number of hydrogen-bond donors (Lipinski definition) is 0. The molecular weight excluding hydrogens is 414 g/mol. The largest absolute Gasteiger partial charge is 0.354 e. The molecule has 0 radical (unpaired) electrons. The van der Waals surface area contributed by atoms with E-state index in [-0.39, 0.29) is 6.04 Å². The first-order valence-corrected chi connectivity index (χ1v) is 11.9. The van der Waals surface area contributed by atoms with Crippen molar-refractivity contribution in [1.29, 1.82) is 0 Å². The smallest absolute Gasteiger partial charge is 0.227 e. The molecule has 9 heteroatoms. The van der Waals surface area contributed by atoms with Gasteiger partial charge in [0, 0.05) is 51.1 Å². The third kappa shape index (κ3) is 3.64. The van der Waals surface area contributed by atoms with E-state index >= 15 is 0 Å². The minimum Gasteiger partial charge on any atom is -0.354 e. The molecule has 33 heavy (non-hydrogen) atoms. The number of hydrogen-bond acceptors (Lipinski definition) is 8. The summed E-state index contributed by atoms with van der Waals surface area (Å²) in [6.07, 6.45) is 9.76. The Morgan fingerprint density at radius 1 is 0.909 bits per heavy atom. The molecular formula is C24H31N9. The fourth-order valence-corrected chi connectivity index (χ4v) is 5.25. The fraction of sp³-hybridized carbons (Fsp3) is 0.542. The number of allylic oxidation sites excluding steroid dienone is 2. The lowest BCUT2D eigenvalue weighted by Crippen LogP contribution is -2.45. The van der Waals surface area contributed by atoms with Gasteiger partial charge in [0.15, 0.2) is 5.82 Å². The summed E-state index contributed by atoms with van der Waals surface area (Å²) in [4.78, 5) is 26.6. The minimum absolute atomic E-state index is 0.235. The van der Waals surface area contributed by atoms with E-state index in [0.29, 0.717) is 17.9 Å². The van der Waals surface area contributed by atoms with Gasteiger partial charge in [-0.25, -0.2) is 9.97 Å². The van der Waals surface area contributed by atoms with Crippen LogP contribution in [0.25, 0.3) is 5.82 Å². The molecule has 0 bridgehead atoms. The van der Waals surface area contributed by atoms with E-state index in [2.05, 4.69) is 69.2 Å². The van der Waals surface area contributed by atoms with E-state index in [4.69, 9.17) is 15.0 Å². The lowest BCUT2D eigenvalue weighted by molar-refractivity contribution is 0.311. The molecule has 2 aliphatic heterocycles. The standard InChI is InChI=1S/C24H31N9/c1-15-25-16(2)33(29-15)22-14-20(27-24(28-22)32-11-9-30(3)10-12-32)17-13-18(17)23-26-19-7-5-6-8-21(19)31(23)4/h5-8,14,17-19,21H,9-13H2,1-4H3/t17?,18-,19?,21?/m0/s1. The Morgan fingerprint density at radius 3 is 2.42 bits per heavy atom. The Bertz CT molecular complexity index is 1150. The maximum Gasteiger partial charge on any atom is 0.227 e. The number of amidine groups is 1. The summed E-state index contributed by atoms with van der Waals surface area (Å²) in [7, 11) is 4.34. The van der Waals surface area contributed by atoms with Crippen LogP contribution in [0, 0.1) is 19.8 Å². The number of aromatic nitrogens is 5. The monoisotopic (exact) mass is 445 g/mol. The van der Waals surface area contributed by atoms with Crippen molar-refractivity contribution in [2.75, 3.05) is 45.2 Å². The van der Waals surface area contributed by atoms with Gasteiger partial charge >= 0.3 is 0 Å². The van der Waals surface area contributed by atoms with E-state index in [1.807, 2.05) is 18.5 Å². The quantitative estimate of drug-likeness (QED) is 0.709. The molecule has 0 amide bonds. The third-order valence-electron chi connectivity index (χ3n) is 7.27. The number of likely N-dealkylation sites (N-methyl/N-ethyl adjacent to an activating group) is 2. The van der Waals surface area contributed by atoms with Crippen LogP contribution < -0.4 is 4.90 Å². The number of aliphatic imine (C=N–C) groups is 1. The molecule has 4 atom stereocenters. The highest BCUT2D eigenvalue weighted by Crippen LogP contribution is 2.50. The van der Waals surface area contributed by atoms with Gasteiger partial charge in [-0.1, -0.05) is 24.3 Å². The number of rotatable bonds is 4. The van der Waals surface area contributed by atoms with E-state index in [1.54, 1.807) is 0 Å². The van der Waals surface area contributed by atoms with Crippen LogP contribution in [0.15, 0.2) is 35.4 Å². The first kappa shape index (κ1) is 20.5. The third-order valence-corrected chi connectivity index (χ3v) is 7.27. The molecule has 4 heterocycles. The highest BCUT2D eigenvalue weighted by molar-refractivity contribution is 5.90. The van der Waals surface area contributed by atoms with Crippen molar-refractivity contribution >= 4 is 11.8 Å². The zero-order valence-electron chi connectivity index (χ0n) is 19.8. The molecule has 2 aromatic heterocycles. The molecule has 1 saturated heterocycles. The Kier molecular flexibility index (Phi) is 4.83. The van der Waals surface area contributed by atoms with Crippen LogP contribution >= 0.6 is 0 Å². The Balaban J connectivity index is 1.33. The topological polar surface area (TPSA) is 78.6 Å². The maximum absolute atomic E-state index is 5.08. The van der Waals surface area contributed by atoms with Gasteiger partial charge in [-0.3, -0.25) is 4.99 Å². The van der Waals surface area contributed by atoms with Gasteiger partial charge in [0.2, 0.25) is 5.95 Å². The average molecular weight is 446 g/mol. The molecule has 1 saturated carbocycles. The van der Waals surface area contributed by atoms with E-state index in [9.17, 15) is 0 Å². The predicted molar refractivity (Wildman–Crippen MR) is 128 cm³/mol. The molecule has 0 N–H and O–H groups in total. The molecule has 3 unspecified atom stereocenters. The average Bonchev–Trinajstić information content (AvgIpc) is 3.44. The number of fused-ring (bicyclic) bond motifs is 1. The van der Waals surface area contributed by atoms with Crippen molar-refractivity contribution in [3.63, 3.8) is 0 Å². The molecule has 6 rings (SSSR count). The first-order valence-electron chi connectivity index (χ1n) is 11.9. The number of piperazine rings is 1. The molecule has 9 nitrogen and oxygen atoms in total. The van der Waals surface area contributed by atoms with Crippen LogP contribution in [-0.2, 0) is 0 Å². The van der Waals surface area contributed by atoms with Crippen molar-refractivity contribution < 1.29 is 0 Å².